The molecule has 0 unspecified atom stereocenters. The van der Waals surface area contributed by atoms with Gasteiger partial charge in [0.2, 0.25) is 0 Å². The molecule has 2 amide bonds. The number of halogens is 1. The lowest BCUT2D eigenvalue weighted by Crippen LogP contribution is -2.34. The smallest absolute Gasteiger partial charge is 0.323 e. The SMILES string of the molecule is CCN(CC)C(=O)Nc1ccc(Cl)nn1. The summed E-state index contributed by atoms with van der Waals surface area (Å²) in [5.74, 6) is 0.399. The van der Waals surface area contributed by atoms with Gasteiger partial charge in [-0.3, -0.25) is 5.32 Å². The van der Waals surface area contributed by atoms with E-state index in [1.54, 1.807) is 17.0 Å². The Balaban J connectivity index is 2.61. The fourth-order valence-electron chi connectivity index (χ4n) is 1.08. The second-order valence-electron chi connectivity index (χ2n) is 2.84. The van der Waals surface area contributed by atoms with Crippen LogP contribution < -0.4 is 5.32 Å². The predicted molar refractivity (Wildman–Crippen MR) is 59.0 cm³/mol. The number of urea groups is 1. The van der Waals surface area contributed by atoms with Crippen LogP contribution in [0.2, 0.25) is 5.15 Å². The third-order valence-corrected chi connectivity index (χ3v) is 2.12. The first-order valence-electron chi connectivity index (χ1n) is 4.72. The van der Waals surface area contributed by atoms with Gasteiger partial charge in [-0.15, -0.1) is 10.2 Å². The zero-order valence-electron chi connectivity index (χ0n) is 8.70. The van der Waals surface area contributed by atoms with Crippen molar-refractivity contribution >= 4 is 23.4 Å². The molecule has 1 heterocycles. The first kappa shape index (κ1) is 11.7. The number of hydrogen-bond acceptors (Lipinski definition) is 3. The van der Waals surface area contributed by atoms with Crippen molar-refractivity contribution in [3.05, 3.63) is 17.3 Å². The highest BCUT2D eigenvalue weighted by Crippen LogP contribution is 2.06. The highest BCUT2D eigenvalue weighted by atomic mass is 35.5. The van der Waals surface area contributed by atoms with Gasteiger partial charge >= 0.3 is 6.03 Å². The quantitative estimate of drug-likeness (QED) is 0.861. The maximum atomic E-state index is 11.6. The van der Waals surface area contributed by atoms with E-state index in [2.05, 4.69) is 15.5 Å². The van der Waals surface area contributed by atoms with Gasteiger partial charge in [-0.1, -0.05) is 11.6 Å². The second kappa shape index (κ2) is 5.50. The Morgan fingerprint density at radius 1 is 1.40 bits per heavy atom. The van der Waals surface area contributed by atoms with Crippen LogP contribution in [-0.2, 0) is 0 Å². The molecule has 0 bridgehead atoms. The number of rotatable bonds is 3. The average molecular weight is 229 g/mol. The van der Waals surface area contributed by atoms with Gasteiger partial charge < -0.3 is 4.90 Å². The molecule has 1 N–H and O–H groups in total. The van der Waals surface area contributed by atoms with Gasteiger partial charge in [0, 0.05) is 13.1 Å². The highest BCUT2D eigenvalue weighted by molar-refractivity contribution is 6.29. The van der Waals surface area contributed by atoms with Crippen molar-refractivity contribution in [3.63, 3.8) is 0 Å². The number of carbonyl (C=O) groups excluding carboxylic acids is 1. The molecule has 0 saturated carbocycles. The Kier molecular flexibility index (Phi) is 4.30. The summed E-state index contributed by atoms with van der Waals surface area (Å²) < 4.78 is 0. The first-order chi connectivity index (χ1) is 7.17. The van der Waals surface area contributed by atoms with Crippen molar-refractivity contribution in [1.82, 2.24) is 15.1 Å². The number of anilines is 1. The molecule has 1 aromatic rings. The molecular weight excluding hydrogens is 216 g/mol. The molecule has 15 heavy (non-hydrogen) atoms. The summed E-state index contributed by atoms with van der Waals surface area (Å²) in [5.41, 5.74) is 0. The van der Waals surface area contributed by atoms with Crippen molar-refractivity contribution in [2.45, 2.75) is 13.8 Å². The molecule has 6 heteroatoms. The summed E-state index contributed by atoms with van der Waals surface area (Å²) in [7, 11) is 0. The number of aromatic nitrogens is 2. The van der Waals surface area contributed by atoms with E-state index < -0.39 is 0 Å². The Hall–Kier alpha value is -1.36. The van der Waals surface area contributed by atoms with E-state index >= 15 is 0 Å². The van der Waals surface area contributed by atoms with Gasteiger partial charge in [0.25, 0.3) is 0 Å². The molecule has 0 atom stereocenters. The Bertz CT molecular complexity index is 323. The Labute approximate surface area is 93.4 Å². The third kappa shape index (κ3) is 3.36. The van der Waals surface area contributed by atoms with E-state index in [9.17, 15) is 4.79 Å². The van der Waals surface area contributed by atoms with Crippen molar-refractivity contribution in [1.29, 1.82) is 0 Å². The Morgan fingerprint density at radius 2 is 2.07 bits per heavy atom. The van der Waals surface area contributed by atoms with Gasteiger partial charge in [-0.2, -0.15) is 0 Å². The summed E-state index contributed by atoms with van der Waals surface area (Å²) in [6, 6.07) is 3.00. The maximum absolute atomic E-state index is 11.6. The van der Waals surface area contributed by atoms with Crippen LogP contribution >= 0.6 is 11.6 Å². The van der Waals surface area contributed by atoms with Crippen LogP contribution in [0.3, 0.4) is 0 Å². The minimum atomic E-state index is -0.184. The molecule has 0 radical (unpaired) electrons. The standard InChI is InChI=1S/C9H13ClN4O/c1-3-14(4-2)9(15)11-8-6-5-7(10)12-13-8/h5-6H,3-4H2,1-2H3,(H,11,13,15). The maximum Gasteiger partial charge on any atom is 0.323 e. The number of hydrogen-bond donors (Lipinski definition) is 1. The number of nitrogens with one attached hydrogen (secondary N) is 1. The van der Waals surface area contributed by atoms with Gasteiger partial charge in [0.15, 0.2) is 11.0 Å². The number of carbonyl (C=O) groups is 1. The monoisotopic (exact) mass is 228 g/mol. The van der Waals surface area contributed by atoms with Crippen molar-refractivity contribution < 1.29 is 4.79 Å². The summed E-state index contributed by atoms with van der Waals surface area (Å²) in [6.45, 7) is 5.14. The number of amides is 2. The third-order valence-electron chi connectivity index (χ3n) is 1.92. The normalized spacial score (nSPS) is 9.80. The molecule has 0 aliphatic rings. The summed E-state index contributed by atoms with van der Waals surface area (Å²) in [5, 5.41) is 10.3. The fourth-order valence-corrected chi connectivity index (χ4v) is 1.18. The molecule has 5 nitrogen and oxygen atoms in total. The van der Waals surface area contributed by atoms with E-state index in [4.69, 9.17) is 11.6 Å². The lowest BCUT2D eigenvalue weighted by molar-refractivity contribution is 0.217. The molecule has 0 aliphatic carbocycles. The van der Waals surface area contributed by atoms with Crippen LogP contribution in [0.1, 0.15) is 13.8 Å². The second-order valence-corrected chi connectivity index (χ2v) is 3.23. The van der Waals surface area contributed by atoms with Gasteiger partial charge in [0.05, 0.1) is 0 Å². The minimum Gasteiger partial charge on any atom is -0.325 e. The molecule has 0 fully saturated rings. The van der Waals surface area contributed by atoms with E-state index in [0.29, 0.717) is 24.1 Å². The van der Waals surface area contributed by atoms with Crippen LogP contribution in [0, 0.1) is 0 Å². The number of nitrogens with zero attached hydrogens (tertiary/aromatic N) is 3. The van der Waals surface area contributed by atoms with Gasteiger partial charge in [-0.05, 0) is 26.0 Å². The summed E-state index contributed by atoms with van der Waals surface area (Å²) in [6.07, 6.45) is 0. The van der Waals surface area contributed by atoms with E-state index in [0.717, 1.165) is 0 Å². The minimum absolute atomic E-state index is 0.184. The van der Waals surface area contributed by atoms with Crippen molar-refractivity contribution in [2.75, 3.05) is 18.4 Å². The average Bonchev–Trinajstić information content (AvgIpc) is 2.23. The lowest BCUT2D eigenvalue weighted by Gasteiger charge is -2.18. The summed E-state index contributed by atoms with van der Waals surface area (Å²) in [4.78, 5) is 13.2. The molecule has 1 rings (SSSR count). The van der Waals surface area contributed by atoms with Gasteiger partial charge in [-0.25, -0.2) is 4.79 Å². The fraction of sp³-hybridized carbons (Fsp3) is 0.444. The van der Waals surface area contributed by atoms with Crippen LogP contribution in [0.5, 0.6) is 0 Å². The molecule has 0 aliphatic heterocycles. The first-order valence-corrected chi connectivity index (χ1v) is 5.10. The van der Waals surface area contributed by atoms with E-state index in [1.165, 1.54) is 0 Å². The zero-order chi connectivity index (χ0) is 11.3. The molecule has 82 valence electrons. The molecule has 0 saturated heterocycles. The Morgan fingerprint density at radius 3 is 2.53 bits per heavy atom. The molecular formula is C9H13ClN4O. The molecule has 0 aromatic carbocycles. The zero-order valence-corrected chi connectivity index (χ0v) is 9.45. The molecule has 1 aromatic heterocycles. The van der Waals surface area contributed by atoms with Crippen LogP contribution in [0.4, 0.5) is 10.6 Å². The van der Waals surface area contributed by atoms with Crippen molar-refractivity contribution in [3.8, 4) is 0 Å². The topological polar surface area (TPSA) is 58.1 Å². The largest absolute Gasteiger partial charge is 0.325 e. The van der Waals surface area contributed by atoms with E-state index in [-0.39, 0.29) is 6.03 Å². The van der Waals surface area contributed by atoms with Crippen LogP contribution in [-0.4, -0.2) is 34.2 Å². The summed E-state index contributed by atoms with van der Waals surface area (Å²) >= 11 is 5.57. The van der Waals surface area contributed by atoms with Crippen LogP contribution in [0.15, 0.2) is 12.1 Å². The lowest BCUT2D eigenvalue weighted by atomic mass is 10.5. The van der Waals surface area contributed by atoms with Crippen LogP contribution in [0.25, 0.3) is 0 Å². The van der Waals surface area contributed by atoms with E-state index in [1.807, 2.05) is 13.8 Å². The van der Waals surface area contributed by atoms with Crippen molar-refractivity contribution in [2.24, 2.45) is 0 Å². The predicted octanol–water partition coefficient (Wildman–Crippen LogP) is 2.00. The molecule has 0 spiro atoms. The van der Waals surface area contributed by atoms with Gasteiger partial charge in [0.1, 0.15) is 0 Å². The highest BCUT2D eigenvalue weighted by Gasteiger charge is 2.09.